The summed E-state index contributed by atoms with van der Waals surface area (Å²) in [7, 11) is 1.32. The number of nitrogens with zero attached hydrogens (tertiary/aromatic N) is 3. The zero-order valence-corrected chi connectivity index (χ0v) is 22.2. The van der Waals surface area contributed by atoms with Crippen molar-refractivity contribution in [2.75, 3.05) is 18.2 Å². The summed E-state index contributed by atoms with van der Waals surface area (Å²) in [4.78, 5) is 25.7. The lowest BCUT2D eigenvalue weighted by Gasteiger charge is -2.18. The van der Waals surface area contributed by atoms with Gasteiger partial charge in [0.05, 0.1) is 18.4 Å². The number of anilines is 1. The van der Waals surface area contributed by atoms with Crippen LogP contribution in [-0.2, 0) is 22.5 Å². The number of aryl methyl sites for hydroxylation is 2. The fraction of sp³-hybridized carbons (Fsp3) is 0.360. The van der Waals surface area contributed by atoms with Crippen LogP contribution in [0.1, 0.15) is 52.1 Å². The fourth-order valence-electron chi connectivity index (χ4n) is 3.37. The molecule has 3 aromatic rings. The summed E-state index contributed by atoms with van der Waals surface area (Å²) < 4.78 is 12.9. The zero-order valence-electron chi connectivity index (χ0n) is 20.6. The first-order valence-electron chi connectivity index (χ1n) is 11.2. The van der Waals surface area contributed by atoms with E-state index in [-0.39, 0.29) is 17.8 Å². The third-order valence-electron chi connectivity index (χ3n) is 5.40. The number of esters is 1. The molecule has 0 aliphatic carbocycles. The first-order chi connectivity index (χ1) is 16.8. The van der Waals surface area contributed by atoms with E-state index in [1.54, 1.807) is 12.1 Å². The Morgan fingerprint density at radius 2 is 2.09 bits per heavy atom. The highest BCUT2D eigenvalue weighted by molar-refractivity contribution is 7.99. The number of carbonyl (C=O) groups excluding carboxylic acids is 2. The third-order valence-corrected chi connectivity index (χ3v) is 7.56. The van der Waals surface area contributed by atoms with Crippen molar-refractivity contribution in [1.29, 1.82) is 0 Å². The van der Waals surface area contributed by atoms with E-state index in [0.29, 0.717) is 28.1 Å². The highest BCUT2D eigenvalue weighted by Gasteiger charge is 2.22. The number of carbonyl (C=O) groups is 2. The van der Waals surface area contributed by atoms with Crippen LogP contribution in [0.4, 0.5) is 5.00 Å². The number of amides is 1. The minimum absolute atomic E-state index is 0.0987. The van der Waals surface area contributed by atoms with Gasteiger partial charge in [0.2, 0.25) is 5.91 Å². The molecule has 186 valence electrons. The molecule has 0 bridgehead atoms. The maximum absolute atomic E-state index is 12.7. The molecule has 2 heterocycles. The van der Waals surface area contributed by atoms with E-state index in [9.17, 15) is 9.59 Å². The molecule has 1 amide bonds. The van der Waals surface area contributed by atoms with Gasteiger partial charge in [-0.05, 0) is 50.5 Å². The molecule has 2 aromatic heterocycles. The number of nitrogens with one attached hydrogen (secondary N) is 1. The molecule has 0 spiro atoms. The van der Waals surface area contributed by atoms with Crippen LogP contribution in [0.25, 0.3) is 0 Å². The smallest absolute Gasteiger partial charge is 0.340 e. The predicted octanol–water partition coefficient (Wildman–Crippen LogP) is 5.36. The molecule has 0 saturated heterocycles. The monoisotopic (exact) mass is 514 g/mol. The molecule has 1 atom stereocenters. The summed E-state index contributed by atoms with van der Waals surface area (Å²) in [5, 5.41) is 12.5. The number of hydrogen-bond donors (Lipinski definition) is 1. The molecule has 0 aliphatic rings. The predicted molar refractivity (Wildman–Crippen MR) is 140 cm³/mol. The summed E-state index contributed by atoms with van der Waals surface area (Å²) in [5.74, 6) is 0.813. The van der Waals surface area contributed by atoms with Gasteiger partial charge in [-0.15, -0.1) is 28.1 Å². The van der Waals surface area contributed by atoms with E-state index in [1.807, 2.05) is 50.5 Å². The lowest BCUT2D eigenvalue weighted by Crippen LogP contribution is -2.16. The van der Waals surface area contributed by atoms with Crippen LogP contribution in [0.5, 0.6) is 5.75 Å². The summed E-state index contributed by atoms with van der Waals surface area (Å²) in [6.07, 6.45) is 2.16. The minimum Gasteiger partial charge on any atom is -0.482 e. The van der Waals surface area contributed by atoms with E-state index in [2.05, 4.69) is 22.1 Å². The van der Waals surface area contributed by atoms with Gasteiger partial charge in [0.25, 0.3) is 0 Å². The second-order valence-electron chi connectivity index (χ2n) is 7.84. The van der Waals surface area contributed by atoms with Crippen molar-refractivity contribution in [3.05, 3.63) is 64.3 Å². The molecule has 0 saturated carbocycles. The summed E-state index contributed by atoms with van der Waals surface area (Å²) in [6.45, 7) is 12.3. The van der Waals surface area contributed by atoms with Gasteiger partial charge < -0.3 is 14.8 Å². The Bertz CT molecular complexity index is 1220. The molecule has 35 heavy (non-hydrogen) atoms. The van der Waals surface area contributed by atoms with Crippen LogP contribution >= 0.6 is 23.1 Å². The van der Waals surface area contributed by atoms with Crippen molar-refractivity contribution in [2.45, 2.75) is 51.9 Å². The summed E-state index contributed by atoms with van der Waals surface area (Å²) in [6, 6.07) is 7.69. The average molecular weight is 515 g/mol. The van der Waals surface area contributed by atoms with Crippen molar-refractivity contribution in [3.8, 4) is 5.75 Å². The van der Waals surface area contributed by atoms with E-state index in [0.717, 1.165) is 28.2 Å². The number of aromatic nitrogens is 3. The molecule has 0 radical (unpaired) electrons. The Kier molecular flexibility index (Phi) is 9.11. The largest absolute Gasteiger partial charge is 0.482 e. The molecular formula is C25H30N4O4S2. The third kappa shape index (κ3) is 6.32. The highest BCUT2D eigenvalue weighted by atomic mass is 32.2. The number of thioether (sulfide) groups is 1. The van der Waals surface area contributed by atoms with E-state index < -0.39 is 5.97 Å². The quantitative estimate of drug-likeness (QED) is 0.209. The number of ether oxygens (including phenoxy) is 2. The van der Waals surface area contributed by atoms with E-state index >= 15 is 0 Å². The van der Waals surface area contributed by atoms with E-state index in [4.69, 9.17) is 9.47 Å². The lowest BCUT2D eigenvalue weighted by atomic mass is 10.1. The number of methoxy groups -OCH3 is 1. The number of hydrogen-bond acceptors (Lipinski definition) is 8. The van der Waals surface area contributed by atoms with Gasteiger partial charge in [0, 0.05) is 11.4 Å². The summed E-state index contributed by atoms with van der Waals surface area (Å²) >= 11 is 2.63. The van der Waals surface area contributed by atoms with Crippen LogP contribution < -0.4 is 10.1 Å². The first-order valence-corrected chi connectivity index (χ1v) is 13.0. The molecular weight excluding hydrogens is 484 g/mol. The minimum atomic E-state index is -0.475. The molecule has 8 nitrogen and oxygen atoms in total. The molecule has 1 aromatic carbocycles. The second kappa shape index (κ2) is 12.0. The van der Waals surface area contributed by atoms with Crippen LogP contribution in [0.3, 0.4) is 0 Å². The van der Waals surface area contributed by atoms with E-state index in [1.165, 1.54) is 30.2 Å². The van der Waals surface area contributed by atoms with Crippen molar-refractivity contribution in [1.82, 2.24) is 14.8 Å². The maximum atomic E-state index is 12.7. The molecule has 0 fully saturated rings. The topological polar surface area (TPSA) is 95.3 Å². The molecule has 1 N–H and O–H groups in total. The van der Waals surface area contributed by atoms with Gasteiger partial charge in [0.15, 0.2) is 17.1 Å². The lowest BCUT2D eigenvalue weighted by molar-refractivity contribution is -0.113. The molecule has 3 rings (SSSR count). The first kappa shape index (κ1) is 26.5. The van der Waals surface area contributed by atoms with Gasteiger partial charge in [0.1, 0.15) is 10.8 Å². The Balaban J connectivity index is 1.72. The number of benzene rings is 1. The van der Waals surface area contributed by atoms with Crippen molar-refractivity contribution >= 4 is 40.0 Å². The number of allylic oxidation sites excluding steroid dienone is 1. The Morgan fingerprint density at radius 1 is 1.31 bits per heavy atom. The Morgan fingerprint density at radius 3 is 2.77 bits per heavy atom. The molecule has 0 aliphatic heterocycles. The maximum Gasteiger partial charge on any atom is 0.340 e. The van der Waals surface area contributed by atoms with Gasteiger partial charge in [-0.2, -0.15) is 0 Å². The van der Waals surface area contributed by atoms with Gasteiger partial charge >= 0.3 is 5.97 Å². The molecule has 1 unspecified atom stereocenters. The zero-order chi connectivity index (χ0) is 25.5. The van der Waals surface area contributed by atoms with Crippen LogP contribution in [0.15, 0.2) is 42.1 Å². The van der Waals surface area contributed by atoms with Crippen molar-refractivity contribution in [2.24, 2.45) is 0 Å². The summed E-state index contributed by atoms with van der Waals surface area (Å²) in [5.41, 5.74) is 2.59. The average Bonchev–Trinajstić information content (AvgIpc) is 3.44. The highest BCUT2D eigenvalue weighted by Crippen LogP contribution is 2.31. The molecule has 10 heteroatoms. The Hall–Kier alpha value is -3.11. The van der Waals surface area contributed by atoms with Crippen LogP contribution in [0, 0.1) is 13.8 Å². The SMILES string of the molecule is C=CCn1c(SCC(=O)Nc2sc(CC)cc2C(=O)OC)nnc1C(C)Oc1cccc(C)c1C. The van der Waals surface area contributed by atoms with Gasteiger partial charge in [-0.3, -0.25) is 9.36 Å². The Labute approximate surface area is 213 Å². The van der Waals surface area contributed by atoms with Crippen molar-refractivity contribution < 1.29 is 19.1 Å². The number of thiophene rings is 1. The second-order valence-corrected chi connectivity index (χ2v) is 9.91. The van der Waals surface area contributed by atoms with Gasteiger partial charge in [-0.1, -0.05) is 36.9 Å². The fourth-order valence-corrected chi connectivity index (χ4v) is 5.12. The van der Waals surface area contributed by atoms with Crippen LogP contribution in [-0.4, -0.2) is 39.5 Å². The van der Waals surface area contributed by atoms with Gasteiger partial charge in [-0.25, -0.2) is 4.79 Å². The van der Waals surface area contributed by atoms with Crippen molar-refractivity contribution in [3.63, 3.8) is 0 Å². The van der Waals surface area contributed by atoms with Crippen LogP contribution in [0.2, 0.25) is 0 Å². The normalized spacial score (nSPS) is 11.7. The number of rotatable bonds is 11. The standard InChI is InChI=1S/C25H30N4O4S2/c1-7-12-29-22(17(5)33-20-11-9-10-15(3)16(20)4)27-28-25(29)34-14-21(30)26-23-19(24(31)32-6)13-18(8-2)35-23/h7,9-11,13,17H,1,8,12,14H2,2-6H3,(H,26,30).